The Balaban J connectivity index is 2.19. The van der Waals surface area contributed by atoms with Crippen LogP contribution in [0, 0.1) is 6.92 Å². The van der Waals surface area contributed by atoms with E-state index in [1.807, 2.05) is 6.92 Å². The van der Waals surface area contributed by atoms with E-state index >= 15 is 0 Å². The fourth-order valence-electron chi connectivity index (χ4n) is 1.42. The number of hydrogen-bond acceptors (Lipinski definition) is 5. The van der Waals surface area contributed by atoms with E-state index < -0.39 is 10.0 Å². The summed E-state index contributed by atoms with van der Waals surface area (Å²) in [5.74, 6) is 0. The highest BCUT2D eigenvalue weighted by Crippen LogP contribution is 2.16. The van der Waals surface area contributed by atoms with Gasteiger partial charge in [-0.2, -0.15) is 5.10 Å². The summed E-state index contributed by atoms with van der Waals surface area (Å²) in [5.41, 5.74) is 7.37. The molecular weight excluding hydrogens is 254 g/mol. The standard InChI is InChI=1S/C10H13N5O2S/c1-7-8(4-13-15-7)5-14-18(16,17)10-6-12-3-2-9(10)11/h2-4,6,14H,5H2,1H3,(H2,11,12)(H,13,15). The maximum atomic E-state index is 12.0. The third-order valence-corrected chi connectivity index (χ3v) is 3.94. The highest BCUT2D eigenvalue weighted by molar-refractivity contribution is 7.89. The maximum Gasteiger partial charge on any atom is 0.244 e. The largest absolute Gasteiger partial charge is 0.398 e. The van der Waals surface area contributed by atoms with Gasteiger partial charge in [0.25, 0.3) is 0 Å². The van der Waals surface area contributed by atoms with Crippen LogP contribution in [0.5, 0.6) is 0 Å². The van der Waals surface area contributed by atoms with Gasteiger partial charge in [0.15, 0.2) is 0 Å². The molecule has 0 bridgehead atoms. The summed E-state index contributed by atoms with van der Waals surface area (Å²) in [6.45, 7) is 1.97. The van der Waals surface area contributed by atoms with Crippen molar-refractivity contribution in [2.75, 3.05) is 5.73 Å². The molecule has 0 saturated heterocycles. The molecule has 0 aliphatic carbocycles. The predicted octanol–water partition coefficient (Wildman–Crippen LogP) is 0.174. The number of sulfonamides is 1. The normalized spacial score (nSPS) is 11.6. The molecule has 0 spiro atoms. The second-order valence-electron chi connectivity index (χ2n) is 3.76. The minimum atomic E-state index is -3.66. The van der Waals surface area contributed by atoms with Crippen LogP contribution in [0.25, 0.3) is 0 Å². The van der Waals surface area contributed by atoms with Crippen LogP contribution in [0.1, 0.15) is 11.3 Å². The number of pyridine rings is 1. The first-order chi connectivity index (χ1) is 8.50. The zero-order chi connectivity index (χ0) is 13.2. The van der Waals surface area contributed by atoms with Crippen LogP contribution in [0.2, 0.25) is 0 Å². The molecule has 0 atom stereocenters. The van der Waals surface area contributed by atoms with Crippen molar-refractivity contribution < 1.29 is 8.42 Å². The average Bonchev–Trinajstić information content (AvgIpc) is 2.73. The Kier molecular flexibility index (Phi) is 3.30. The fraction of sp³-hybridized carbons (Fsp3) is 0.200. The molecule has 96 valence electrons. The third kappa shape index (κ3) is 2.49. The number of aromatic amines is 1. The Morgan fingerprint density at radius 3 is 2.83 bits per heavy atom. The van der Waals surface area contributed by atoms with Crippen LogP contribution in [-0.2, 0) is 16.6 Å². The number of anilines is 1. The monoisotopic (exact) mass is 267 g/mol. The number of nitrogens with one attached hydrogen (secondary N) is 2. The summed E-state index contributed by atoms with van der Waals surface area (Å²) in [6, 6.07) is 1.44. The zero-order valence-corrected chi connectivity index (χ0v) is 10.5. The lowest BCUT2D eigenvalue weighted by Gasteiger charge is -2.07. The van der Waals surface area contributed by atoms with Crippen LogP contribution >= 0.6 is 0 Å². The Labute approximate surface area is 104 Å². The quantitative estimate of drug-likeness (QED) is 0.731. The van der Waals surface area contributed by atoms with Crippen molar-refractivity contribution >= 4 is 15.7 Å². The summed E-state index contributed by atoms with van der Waals surface area (Å²) in [4.78, 5) is 3.73. The maximum absolute atomic E-state index is 12.0. The van der Waals surface area contributed by atoms with Gasteiger partial charge in [-0.15, -0.1) is 0 Å². The molecular formula is C10H13N5O2S. The van der Waals surface area contributed by atoms with Crippen molar-refractivity contribution in [3.8, 4) is 0 Å². The van der Waals surface area contributed by atoms with E-state index in [1.165, 1.54) is 18.5 Å². The van der Waals surface area contributed by atoms with Gasteiger partial charge in [0, 0.05) is 30.2 Å². The number of nitrogens with zero attached hydrogens (tertiary/aromatic N) is 2. The van der Waals surface area contributed by atoms with E-state index in [0.717, 1.165) is 11.3 Å². The number of aryl methyl sites for hydroxylation is 1. The SMILES string of the molecule is Cc1[nH]ncc1CNS(=O)(=O)c1cnccc1N. The molecule has 0 fully saturated rings. The molecule has 4 N–H and O–H groups in total. The van der Waals surface area contributed by atoms with Gasteiger partial charge >= 0.3 is 0 Å². The van der Waals surface area contributed by atoms with Crippen molar-refractivity contribution in [2.45, 2.75) is 18.4 Å². The molecule has 8 heteroatoms. The van der Waals surface area contributed by atoms with Crippen LogP contribution < -0.4 is 10.5 Å². The summed E-state index contributed by atoms with van der Waals surface area (Å²) in [6.07, 6.45) is 4.24. The molecule has 0 aromatic carbocycles. The minimum absolute atomic E-state index is 0.0221. The molecule has 2 heterocycles. The number of aromatic nitrogens is 3. The lowest BCUT2D eigenvalue weighted by molar-refractivity contribution is 0.581. The first-order valence-electron chi connectivity index (χ1n) is 5.18. The van der Waals surface area contributed by atoms with Crippen molar-refractivity contribution in [3.63, 3.8) is 0 Å². The van der Waals surface area contributed by atoms with E-state index in [2.05, 4.69) is 19.9 Å². The van der Waals surface area contributed by atoms with Crippen LogP contribution in [-0.4, -0.2) is 23.6 Å². The van der Waals surface area contributed by atoms with Crippen molar-refractivity contribution in [2.24, 2.45) is 0 Å². The third-order valence-electron chi connectivity index (χ3n) is 2.49. The lowest BCUT2D eigenvalue weighted by Crippen LogP contribution is -2.24. The minimum Gasteiger partial charge on any atom is -0.398 e. The van der Waals surface area contributed by atoms with E-state index in [-0.39, 0.29) is 17.1 Å². The van der Waals surface area contributed by atoms with Gasteiger partial charge in [0.1, 0.15) is 4.90 Å². The summed E-state index contributed by atoms with van der Waals surface area (Å²) < 4.78 is 26.4. The smallest absolute Gasteiger partial charge is 0.244 e. The number of rotatable bonds is 4. The van der Waals surface area contributed by atoms with Gasteiger partial charge in [-0.25, -0.2) is 13.1 Å². The fourth-order valence-corrected chi connectivity index (χ4v) is 2.50. The van der Waals surface area contributed by atoms with E-state index in [4.69, 9.17) is 5.73 Å². The number of hydrogen-bond donors (Lipinski definition) is 3. The summed E-state index contributed by atoms with van der Waals surface area (Å²) in [7, 11) is -3.66. The molecule has 0 aliphatic heterocycles. The topological polar surface area (TPSA) is 114 Å². The number of nitrogens with two attached hydrogens (primary N) is 1. The molecule has 18 heavy (non-hydrogen) atoms. The zero-order valence-electron chi connectivity index (χ0n) is 9.71. The molecule has 0 unspecified atom stereocenters. The Morgan fingerprint density at radius 2 is 2.22 bits per heavy atom. The number of nitrogen functional groups attached to an aromatic ring is 1. The molecule has 2 aromatic rings. The molecule has 2 rings (SSSR count). The summed E-state index contributed by atoms with van der Waals surface area (Å²) >= 11 is 0. The van der Waals surface area contributed by atoms with Gasteiger partial charge in [-0.05, 0) is 13.0 Å². The van der Waals surface area contributed by atoms with Crippen LogP contribution in [0.3, 0.4) is 0 Å². The van der Waals surface area contributed by atoms with Crippen molar-refractivity contribution in [1.29, 1.82) is 0 Å². The molecule has 7 nitrogen and oxygen atoms in total. The lowest BCUT2D eigenvalue weighted by atomic mass is 10.3. The van der Waals surface area contributed by atoms with Crippen molar-refractivity contribution in [3.05, 3.63) is 35.9 Å². The van der Waals surface area contributed by atoms with Crippen molar-refractivity contribution in [1.82, 2.24) is 19.9 Å². The Hall–Kier alpha value is -1.93. The van der Waals surface area contributed by atoms with E-state index in [0.29, 0.717) is 0 Å². The highest BCUT2D eigenvalue weighted by atomic mass is 32.2. The second kappa shape index (κ2) is 4.75. The second-order valence-corrected chi connectivity index (χ2v) is 5.49. The summed E-state index contributed by atoms with van der Waals surface area (Å²) in [5, 5.41) is 6.55. The Morgan fingerprint density at radius 1 is 1.44 bits per heavy atom. The number of H-pyrrole nitrogens is 1. The first kappa shape index (κ1) is 12.5. The van der Waals surface area contributed by atoms with E-state index in [1.54, 1.807) is 6.20 Å². The predicted molar refractivity (Wildman–Crippen MR) is 66.0 cm³/mol. The van der Waals surface area contributed by atoms with Gasteiger partial charge < -0.3 is 5.73 Å². The highest BCUT2D eigenvalue weighted by Gasteiger charge is 2.17. The van der Waals surface area contributed by atoms with Gasteiger partial charge in [-0.1, -0.05) is 0 Å². The molecule has 0 saturated carbocycles. The van der Waals surface area contributed by atoms with Crippen LogP contribution in [0.15, 0.2) is 29.6 Å². The van der Waals surface area contributed by atoms with Crippen LogP contribution in [0.4, 0.5) is 5.69 Å². The Bertz CT molecular complexity index is 650. The average molecular weight is 267 g/mol. The van der Waals surface area contributed by atoms with Gasteiger partial charge in [-0.3, -0.25) is 10.1 Å². The van der Waals surface area contributed by atoms with Gasteiger partial charge in [0.2, 0.25) is 10.0 Å². The van der Waals surface area contributed by atoms with Gasteiger partial charge in [0.05, 0.1) is 11.9 Å². The molecule has 0 amide bonds. The molecule has 0 aliphatic rings. The molecule has 0 radical (unpaired) electrons. The molecule has 2 aromatic heterocycles. The van der Waals surface area contributed by atoms with E-state index in [9.17, 15) is 8.42 Å². The first-order valence-corrected chi connectivity index (χ1v) is 6.67.